The van der Waals surface area contributed by atoms with Gasteiger partial charge in [0.1, 0.15) is 23.1 Å². The van der Waals surface area contributed by atoms with Crippen LogP contribution in [0.1, 0.15) is 81.9 Å². The first-order valence-corrected chi connectivity index (χ1v) is 15.0. The zero-order valence-electron chi connectivity index (χ0n) is 23.2. The fraction of sp³-hybridized carbons (Fsp3) is 0.500. The van der Waals surface area contributed by atoms with E-state index in [2.05, 4.69) is 20.6 Å². The summed E-state index contributed by atoms with van der Waals surface area (Å²) in [7, 11) is -3.04. The second-order valence-corrected chi connectivity index (χ2v) is 14.3. The topological polar surface area (TPSA) is 149 Å². The highest BCUT2D eigenvalue weighted by Gasteiger charge is 2.40. The Hall–Kier alpha value is -3.31. The lowest BCUT2D eigenvalue weighted by molar-refractivity contribution is -0.0189. The number of sulfone groups is 1. The van der Waals surface area contributed by atoms with E-state index in [0.29, 0.717) is 41.6 Å². The number of nitrogens with zero attached hydrogens (tertiary/aromatic N) is 3. The number of carbonyl (C=O) groups is 1. The Balaban J connectivity index is 1.46. The summed E-state index contributed by atoms with van der Waals surface area (Å²) in [4.78, 5) is 26.5. The van der Waals surface area contributed by atoms with Crippen molar-refractivity contribution in [2.75, 3.05) is 16.4 Å². The first-order valence-electron chi connectivity index (χ1n) is 13.3. The number of hydrogen-bond donors (Lipinski definition) is 3. The molecule has 11 heteroatoms. The third kappa shape index (κ3) is 5.05. The molecule has 4 heterocycles. The maximum absolute atomic E-state index is 12.5. The number of nitrogens with two attached hydrogens (primary N) is 1. The van der Waals surface area contributed by atoms with Gasteiger partial charge in [-0.2, -0.15) is 0 Å². The molecule has 3 aromatic heterocycles. The maximum Gasteiger partial charge on any atom is 0.340 e. The SMILES string of the molecule is CCS(=O)(=O)C1CC(Nc2ncc(C(C)(C)N)c3cc(Nc4ccc5c(n4)[C@@H](C)C(C)(C)OC5=O)ncc23)C1. The van der Waals surface area contributed by atoms with Gasteiger partial charge in [0.05, 0.1) is 16.5 Å². The molecule has 39 heavy (non-hydrogen) atoms. The molecule has 0 amide bonds. The van der Waals surface area contributed by atoms with Gasteiger partial charge in [-0.3, -0.25) is 0 Å². The Morgan fingerprint density at radius 1 is 1.13 bits per heavy atom. The Morgan fingerprint density at radius 2 is 1.85 bits per heavy atom. The Bertz CT molecular complexity index is 1560. The van der Waals surface area contributed by atoms with Crippen LogP contribution in [0.25, 0.3) is 10.8 Å². The first kappa shape index (κ1) is 27.3. The number of anilines is 3. The highest BCUT2D eigenvalue weighted by molar-refractivity contribution is 7.92. The zero-order valence-corrected chi connectivity index (χ0v) is 24.0. The van der Waals surface area contributed by atoms with Crippen LogP contribution in [0.4, 0.5) is 17.5 Å². The van der Waals surface area contributed by atoms with Crippen molar-refractivity contribution >= 4 is 44.0 Å². The smallest absolute Gasteiger partial charge is 0.340 e. The Kier molecular flexibility index (Phi) is 6.58. The van der Waals surface area contributed by atoms with Gasteiger partial charge >= 0.3 is 5.97 Å². The van der Waals surface area contributed by atoms with Crippen LogP contribution in [-0.2, 0) is 20.1 Å². The van der Waals surface area contributed by atoms with Gasteiger partial charge in [0.15, 0.2) is 9.84 Å². The summed E-state index contributed by atoms with van der Waals surface area (Å²) in [5.74, 6) is 1.49. The van der Waals surface area contributed by atoms with Crippen molar-refractivity contribution in [3.8, 4) is 0 Å². The van der Waals surface area contributed by atoms with E-state index in [4.69, 9.17) is 15.5 Å². The molecular formula is C28H36N6O4S. The Labute approximate surface area is 229 Å². The average molecular weight is 553 g/mol. The fourth-order valence-corrected chi connectivity index (χ4v) is 6.65. The lowest BCUT2D eigenvalue weighted by Crippen LogP contribution is -2.44. The minimum absolute atomic E-state index is 0.0270. The van der Waals surface area contributed by atoms with Crippen molar-refractivity contribution in [1.29, 1.82) is 0 Å². The van der Waals surface area contributed by atoms with Gasteiger partial charge in [-0.1, -0.05) is 13.8 Å². The molecule has 1 atom stereocenters. The predicted molar refractivity (Wildman–Crippen MR) is 152 cm³/mol. The van der Waals surface area contributed by atoms with Gasteiger partial charge in [0.2, 0.25) is 0 Å². The highest BCUT2D eigenvalue weighted by atomic mass is 32.2. The normalized spacial score (nSPS) is 22.5. The number of fused-ring (bicyclic) bond motifs is 2. The molecule has 3 aromatic rings. The van der Waals surface area contributed by atoms with E-state index in [1.807, 2.05) is 40.7 Å². The second kappa shape index (κ2) is 9.41. The van der Waals surface area contributed by atoms with Crippen molar-refractivity contribution < 1.29 is 17.9 Å². The van der Waals surface area contributed by atoms with Gasteiger partial charge < -0.3 is 21.1 Å². The van der Waals surface area contributed by atoms with Gasteiger partial charge in [-0.25, -0.2) is 28.2 Å². The van der Waals surface area contributed by atoms with Crippen LogP contribution in [0.3, 0.4) is 0 Å². The van der Waals surface area contributed by atoms with Crippen molar-refractivity contribution in [2.45, 2.75) is 82.7 Å². The maximum atomic E-state index is 12.5. The molecule has 5 rings (SSSR count). The molecule has 0 bridgehead atoms. The van der Waals surface area contributed by atoms with Crippen LogP contribution in [0.5, 0.6) is 0 Å². The van der Waals surface area contributed by atoms with E-state index in [1.165, 1.54) is 0 Å². The minimum atomic E-state index is -3.04. The molecular weight excluding hydrogens is 516 g/mol. The summed E-state index contributed by atoms with van der Waals surface area (Å²) < 4.78 is 29.9. The van der Waals surface area contributed by atoms with Crippen LogP contribution in [-0.4, -0.2) is 52.0 Å². The highest BCUT2D eigenvalue weighted by Crippen LogP contribution is 2.39. The first-order chi connectivity index (χ1) is 18.2. The van der Waals surface area contributed by atoms with E-state index in [1.54, 1.807) is 31.5 Å². The average Bonchev–Trinajstić information content (AvgIpc) is 2.83. The number of ether oxygens (including phenoxy) is 1. The summed E-state index contributed by atoms with van der Waals surface area (Å²) in [6, 6.07) is 5.41. The van der Waals surface area contributed by atoms with E-state index < -0.39 is 21.0 Å². The van der Waals surface area contributed by atoms with E-state index >= 15 is 0 Å². The van der Waals surface area contributed by atoms with Crippen LogP contribution in [0.15, 0.2) is 30.6 Å². The molecule has 1 aliphatic heterocycles. The Morgan fingerprint density at radius 3 is 2.51 bits per heavy atom. The molecule has 10 nitrogen and oxygen atoms in total. The third-order valence-corrected chi connectivity index (χ3v) is 10.2. The number of aromatic nitrogens is 3. The third-order valence-electron chi connectivity index (χ3n) is 8.02. The monoisotopic (exact) mass is 552 g/mol. The lowest BCUT2D eigenvalue weighted by Gasteiger charge is -2.36. The molecule has 2 aliphatic rings. The largest absolute Gasteiger partial charge is 0.455 e. The molecule has 0 radical (unpaired) electrons. The number of cyclic esters (lactones) is 1. The minimum Gasteiger partial charge on any atom is -0.455 e. The van der Waals surface area contributed by atoms with E-state index in [-0.39, 0.29) is 28.9 Å². The van der Waals surface area contributed by atoms with Crippen molar-refractivity contribution in [3.63, 3.8) is 0 Å². The summed E-state index contributed by atoms with van der Waals surface area (Å²) in [5.41, 5.74) is 7.19. The molecule has 0 saturated heterocycles. The van der Waals surface area contributed by atoms with Crippen LogP contribution in [0, 0.1) is 0 Å². The van der Waals surface area contributed by atoms with Crippen molar-refractivity contribution in [3.05, 3.63) is 47.4 Å². The van der Waals surface area contributed by atoms with Gasteiger partial charge in [0, 0.05) is 41.0 Å². The van der Waals surface area contributed by atoms with E-state index in [9.17, 15) is 13.2 Å². The molecule has 0 aromatic carbocycles. The van der Waals surface area contributed by atoms with E-state index in [0.717, 1.165) is 16.3 Å². The summed E-state index contributed by atoms with van der Waals surface area (Å²) >= 11 is 0. The van der Waals surface area contributed by atoms with Crippen molar-refractivity contribution in [1.82, 2.24) is 15.0 Å². The lowest BCUT2D eigenvalue weighted by atomic mass is 9.84. The summed E-state index contributed by atoms with van der Waals surface area (Å²) in [6.07, 6.45) is 4.62. The molecule has 4 N–H and O–H groups in total. The second-order valence-electron chi connectivity index (χ2n) is 11.7. The van der Waals surface area contributed by atoms with Gasteiger partial charge in [0.25, 0.3) is 0 Å². The molecule has 1 saturated carbocycles. The number of pyridine rings is 3. The fourth-order valence-electron chi connectivity index (χ4n) is 5.13. The quantitative estimate of drug-likeness (QED) is 0.360. The molecule has 1 fully saturated rings. The van der Waals surface area contributed by atoms with Gasteiger partial charge in [-0.15, -0.1) is 0 Å². The van der Waals surface area contributed by atoms with Crippen LogP contribution >= 0.6 is 0 Å². The molecule has 0 unspecified atom stereocenters. The number of rotatable bonds is 7. The standard InChI is InChI=1S/C28H36N6O4S/c1-7-39(36,37)17-10-16(11-17)32-25-20-13-30-23(12-19(20)21(14-31-25)27(3,4)29)33-22-9-8-18-24(34-22)15(2)28(5,6)38-26(18)35/h8-9,12-17H,7,10-11,29H2,1-6H3,(H,31,32)(H,30,33,34)/t15-,16?,17?/m1/s1. The molecule has 0 spiro atoms. The number of hydrogen-bond acceptors (Lipinski definition) is 10. The summed E-state index contributed by atoms with van der Waals surface area (Å²) in [5, 5.41) is 8.07. The van der Waals surface area contributed by atoms with Crippen LogP contribution < -0.4 is 16.4 Å². The van der Waals surface area contributed by atoms with Crippen LogP contribution in [0.2, 0.25) is 0 Å². The molecule has 1 aliphatic carbocycles. The summed E-state index contributed by atoms with van der Waals surface area (Å²) in [6.45, 7) is 11.3. The molecule has 208 valence electrons. The number of carbonyl (C=O) groups excluding carboxylic acids is 1. The zero-order chi connectivity index (χ0) is 28.3. The number of esters is 1. The van der Waals surface area contributed by atoms with Gasteiger partial charge in [-0.05, 0) is 69.7 Å². The number of nitrogens with one attached hydrogen (secondary N) is 2. The van der Waals surface area contributed by atoms with Crippen molar-refractivity contribution in [2.24, 2.45) is 5.73 Å². The predicted octanol–water partition coefficient (Wildman–Crippen LogP) is 4.39.